The lowest BCUT2D eigenvalue weighted by Crippen LogP contribution is -2.40. The number of benzene rings is 2. The highest BCUT2D eigenvalue weighted by molar-refractivity contribution is 5.81. The lowest BCUT2D eigenvalue weighted by molar-refractivity contribution is -0.306. The normalized spacial score (nSPS) is 12.7. The van der Waals surface area contributed by atoms with E-state index in [4.69, 9.17) is 9.47 Å². The number of aliphatic carboxylic acids is 1. The molecule has 2 rings (SSSR count). The minimum absolute atomic E-state index is 0.336. The Hall–Kier alpha value is -3.02. The van der Waals surface area contributed by atoms with E-state index >= 15 is 0 Å². The first kappa shape index (κ1) is 19.3. The summed E-state index contributed by atoms with van der Waals surface area (Å²) in [5.41, 5.74) is 0.651. The second-order valence-corrected chi connectivity index (χ2v) is 5.71. The summed E-state index contributed by atoms with van der Waals surface area (Å²) < 4.78 is 10.9. The Morgan fingerprint density at radius 1 is 1.04 bits per heavy atom. The van der Waals surface area contributed by atoms with Crippen LogP contribution in [0, 0.1) is 0 Å². The number of rotatable bonds is 9. The molecule has 1 amide bonds. The summed E-state index contributed by atoms with van der Waals surface area (Å²) in [6.07, 6.45) is -1.11. The number of carboxylic acids is 1. The van der Waals surface area contributed by atoms with Crippen molar-refractivity contribution >= 4 is 11.9 Å². The van der Waals surface area contributed by atoms with Crippen molar-refractivity contribution in [3.05, 3.63) is 60.2 Å². The molecule has 2 atom stereocenters. The molecule has 6 heteroatoms. The van der Waals surface area contributed by atoms with Crippen LogP contribution in [0.15, 0.2) is 54.6 Å². The maximum Gasteiger partial charge on any atom is 0.261 e. The fourth-order valence-corrected chi connectivity index (χ4v) is 2.43. The van der Waals surface area contributed by atoms with Crippen LogP contribution in [-0.4, -0.2) is 24.6 Å². The van der Waals surface area contributed by atoms with Gasteiger partial charge in [0.05, 0.1) is 12.6 Å². The second-order valence-electron chi connectivity index (χ2n) is 5.71. The fraction of sp³-hybridized carbons (Fsp3) is 0.300. The molecule has 0 aliphatic carbocycles. The number of para-hydroxylation sites is 1. The van der Waals surface area contributed by atoms with Crippen LogP contribution in [0.25, 0.3) is 0 Å². The van der Waals surface area contributed by atoms with Crippen LogP contribution < -0.4 is 19.9 Å². The molecule has 0 saturated heterocycles. The summed E-state index contributed by atoms with van der Waals surface area (Å²) in [6.45, 7) is 4.02. The van der Waals surface area contributed by atoms with Crippen molar-refractivity contribution in [2.24, 2.45) is 0 Å². The van der Waals surface area contributed by atoms with Gasteiger partial charge in [-0.1, -0.05) is 30.3 Å². The minimum Gasteiger partial charge on any atom is -0.550 e. The van der Waals surface area contributed by atoms with Crippen LogP contribution in [0.1, 0.15) is 31.9 Å². The van der Waals surface area contributed by atoms with Gasteiger partial charge in [0.15, 0.2) is 6.10 Å². The number of carbonyl (C=O) groups excluding carboxylic acids is 2. The molecule has 138 valence electrons. The predicted octanol–water partition coefficient (Wildman–Crippen LogP) is 1.85. The summed E-state index contributed by atoms with van der Waals surface area (Å²) >= 11 is 0. The van der Waals surface area contributed by atoms with Gasteiger partial charge in [-0.3, -0.25) is 4.79 Å². The number of carboxylic acid groups (broad SMARTS) is 1. The van der Waals surface area contributed by atoms with Crippen molar-refractivity contribution in [2.45, 2.75) is 32.4 Å². The number of ether oxygens (including phenoxy) is 2. The number of nitrogens with one attached hydrogen (secondary N) is 1. The van der Waals surface area contributed by atoms with Gasteiger partial charge in [0.25, 0.3) is 5.91 Å². The van der Waals surface area contributed by atoms with Gasteiger partial charge in [-0.15, -0.1) is 0 Å². The van der Waals surface area contributed by atoms with E-state index in [1.807, 2.05) is 13.0 Å². The van der Waals surface area contributed by atoms with Gasteiger partial charge < -0.3 is 24.7 Å². The van der Waals surface area contributed by atoms with Crippen LogP contribution in [0.4, 0.5) is 0 Å². The molecule has 2 aromatic rings. The molecule has 6 nitrogen and oxygen atoms in total. The zero-order valence-corrected chi connectivity index (χ0v) is 14.8. The zero-order chi connectivity index (χ0) is 18.9. The first-order chi connectivity index (χ1) is 12.5. The Morgan fingerprint density at radius 3 is 2.27 bits per heavy atom. The molecule has 0 radical (unpaired) electrons. The summed E-state index contributed by atoms with van der Waals surface area (Å²) in [5, 5.41) is 13.8. The van der Waals surface area contributed by atoms with E-state index in [1.54, 1.807) is 55.5 Å². The average Bonchev–Trinajstić information content (AvgIpc) is 2.62. The Balaban J connectivity index is 2.06. The quantitative estimate of drug-likeness (QED) is 0.741. The second kappa shape index (κ2) is 9.46. The summed E-state index contributed by atoms with van der Waals surface area (Å²) in [6, 6.07) is 15.1. The molecule has 0 aliphatic heterocycles. The van der Waals surface area contributed by atoms with E-state index in [2.05, 4.69) is 5.32 Å². The molecular formula is C20H22NO5-. The molecular weight excluding hydrogens is 334 g/mol. The van der Waals surface area contributed by atoms with Crippen molar-refractivity contribution in [2.75, 3.05) is 6.61 Å². The van der Waals surface area contributed by atoms with E-state index in [9.17, 15) is 14.7 Å². The van der Waals surface area contributed by atoms with E-state index in [0.29, 0.717) is 23.7 Å². The lowest BCUT2D eigenvalue weighted by Gasteiger charge is -2.22. The smallest absolute Gasteiger partial charge is 0.261 e. The summed E-state index contributed by atoms with van der Waals surface area (Å²) in [5.74, 6) is -0.418. The van der Waals surface area contributed by atoms with Crippen LogP contribution in [-0.2, 0) is 9.59 Å². The van der Waals surface area contributed by atoms with E-state index < -0.39 is 24.0 Å². The van der Waals surface area contributed by atoms with Crippen molar-refractivity contribution < 1.29 is 24.2 Å². The van der Waals surface area contributed by atoms with Crippen LogP contribution in [0.2, 0.25) is 0 Å². The molecule has 0 heterocycles. The molecule has 26 heavy (non-hydrogen) atoms. The Labute approximate surface area is 152 Å². The number of hydrogen-bond acceptors (Lipinski definition) is 5. The third-order valence-corrected chi connectivity index (χ3v) is 3.71. The number of amides is 1. The predicted molar refractivity (Wildman–Crippen MR) is 94.7 cm³/mol. The molecule has 0 unspecified atom stereocenters. The monoisotopic (exact) mass is 356 g/mol. The van der Waals surface area contributed by atoms with Gasteiger partial charge in [0.1, 0.15) is 11.5 Å². The summed E-state index contributed by atoms with van der Waals surface area (Å²) in [4.78, 5) is 23.5. The van der Waals surface area contributed by atoms with E-state index in [-0.39, 0.29) is 6.42 Å². The molecule has 0 aliphatic rings. The van der Waals surface area contributed by atoms with Gasteiger partial charge in [0.2, 0.25) is 0 Å². The van der Waals surface area contributed by atoms with Gasteiger partial charge >= 0.3 is 0 Å². The average molecular weight is 356 g/mol. The number of hydrogen-bond donors (Lipinski definition) is 1. The Bertz CT molecular complexity index is 715. The largest absolute Gasteiger partial charge is 0.550 e. The minimum atomic E-state index is -1.25. The van der Waals surface area contributed by atoms with Crippen LogP contribution >= 0.6 is 0 Å². The third-order valence-electron chi connectivity index (χ3n) is 3.71. The molecule has 0 spiro atoms. The van der Waals surface area contributed by atoms with Crippen molar-refractivity contribution in [1.82, 2.24) is 5.32 Å². The molecule has 0 fully saturated rings. The zero-order valence-electron chi connectivity index (χ0n) is 14.8. The fourth-order valence-electron chi connectivity index (χ4n) is 2.43. The Morgan fingerprint density at radius 2 is 1.69 bits per heavy atom. The van der Waals surface area contributed by atoms with Crippen LogP contribution in [0.3, 0.4) is 0 Å². The third kappa shape index (κ3) is 5.81. The molecule has 2 aromatic carbocycles. The summed E-state index contributed by atoms with van der Waals surface area (Å²) in [7, 11) is 0. The maximum absolute atomic E-state index is 12.4. The first-order valence-electron chi connectivity index (χ1n) is 8.44. The SMILES string of the molecule is CCOc1ccc([C@H](CC(=O)[O-])NC(=O)[C@H](C)Oc2ccccc2)cc1. The molecule has 0 aromatic heterocycles. The standard InChI is InChI=1S/C20H23NO5/c1-3-25-16-11-9-15(10-12-16)18(13-19(22)23)21-20(24)14(2)26-17-7-5-4-6-8-17/h4-12,14,18H,3,13H2,1-2H3,(H,21,24)(H,22,23)/p-1/t14-,18-/m0/s1. The van der Waals surface area contributed by atoms with Crippen LogP contribution in [0.5, 0.6) is 11.5 Å². The highest BCUT2D eigenvalue weighted by atomic mass is 16.5. The Kier molecular flexibility index (Phi) is 7.02. The molecule has 0 saturated carbocycles. The molecule has 0 bridgehead atoms. The van der Waals surface area contributed by atoms with Gasteiger partial charge in [-0.05, 0) is 43.7 Å². The van der Waals surface area contributed by atoms with Crippen molar-refractivity contribution in [3.8, 4) is 11.5 Å². The molecule has 1 N–H and O–H groups in total. The van der Waals surface area contributed by atoms with E-state index in [0.717, 1.165) is 0 Å². The van der Waals surface area contributed by atoms with Gasteiger partial charge in [-0.2, -0.15) is 0 Å². The van der Waals surface area contributed by atoms with Gasteiger partial charge in [-0.25, -0.2) is 0 Å². The topological polar surface area (TPSA) is 87.7 Å². The van der Waals surface area contributed by atoms with E-state index in [1.165, 1.54) is 0 Å². The van der Waals surface area contributed by atoms with Crippen molar-refractivity contribution in [1.29, 1.82) is 0 Å². The highest BCUT2D eigenvalue weighted by Crippen LogP contribution is 2.21. The number of carbonyl (C=O) groups is 2. The maximum atomic E-state index is 12.4. The van der Waals surface area contributed by atoms with Crippen molar-refractivity contribution in [3.63, 3.8) is 0 Å². The first-order valence-corrected chi connectivity index (χ1v) is 8.44. The van der Waals surface area contributed by atoms with Gasteiger partial charge in [0, 0.05) is 12.4 Å². The highest BCUT2D eigenvalue weighted by Gasteiger charge is 2.20. The lowest BCUT2D eigenvalue weighted by atomic mass is 10.0.